The summed E-state index contributed by atoms with van der Waals surface area (Å²) in [6.07, 6.45) is 0.963. The number of nitrogens with zero attached hydrogens (tertiary/aromatic N) is 1. The van der Waals surface area contributed by atoms with Gasteiger partial charge in [-0.3, -0.25) is 0 Å². The van der Waals surface area contributed by atoms with Gasteiger partial charge in [-0.05, 0) is 26.3 Å². The molecule has 1 aromatic carbocycles. The Hall–Kier alpha value is -1.53. The Kier molecular flexibility index (Phi) is 3.58. The van der Waals surface area contributed by atoms with Crippen LogP contribution in [0.3, 0.4) is 0 Å². The molecule has 0 spiro atoms. The first-order valence-electron chi connectivity index (χ1n) is 6.42. The zero-order chi connectivity index (χ0) is 13.2. The van der Waals surface area contributed by atoms with Gasteiger partial charge in [-0.1, -0.05) is 18.2 Å². The molecule has 0 radical (unpaired) electrons. The zero-order valence-corrected chi connectivity index (χ0v) is 11.3. The molecule has 1 aromatic rings. The fraction of sp³-hybridized carbons (Fsp3) is 0.533. The van der Waals surface area contributed by atoms with Crippen molar-refractivity contribution in [1.29, 1.82) is 5.26 Å². The van der Waals surface area contributed by atoms with Gasteiger partial charge >= 0.3 is 0 Å². The van der Waals surface area contributed by atoms with Crippen LogP contribution in [0.2, 0.25) is 0 Å². The first kappa shape index (κ1) is 12.9. The molecule has 0 saturated carbocycles. The summed E-state index contributed by atoms with van der Waals surface area (Å²) in [6.45, 7) is 7.61. The third-order valence-electron chi connectivity index (χ3n) is 3.16. The van der Waals surface area contributed by atoms with Gasteiger partial charge in [0.05, 0.1) is 12.0 Å². The number of nitriles is 1. The van der Waals surface area contributed by atoms with E-state index in [1.54, 1.807) is 0 Å². The molecule has 1 aliphatic rings. The summed E-state index contributed by atoms with van der Waals surface area (Å²) in [5.74, 6) is 1.07. The molecule has 0 amide bonds. The molecule has 1 unspecified atom stereocenters. The minimum Gasteiger partial charge on any atom is -0.487 e. The van der Waals surface area contributed by atoms with Crippen LogP contribution in [-0.2, 0) is 13.0 Å². The predicted molar refractivity (Wildman–Crippen MR) is 71.3 cm³/mol. The normalized spacial score (nSPS) is 17.7. The van der Waals surface area contributed by atoms with Crippen LogP contribution in [-0.4, -0.2) is 12.1 Å². The molecular weight excluding hydrogens is 224 g/mol. The Morgan fingerprint density at radius 1 is 1.50 bits per heavy atom. The Morgan fingerprint density at radius 3 is 3.00 bits per heavy atom. The molecule has 1 heterocycles. The van der Waals surface area contributed by atoms with E-state index >= 15 is 0 Å². The van der Waals surface area contributed by atoms with Gasteiger partial charge in [-0.15, -0.1) is 0 Å². The lowest BCUT2D eigenvalue weighted by molar-refractivity contribution is 0.137. The van der Waals surface area contributed by atoms with Crippen molar-refractivity contribution in [3.05, 3.63) is 29.3 Å². The van der Waals surface area contributed by atoms with Crippen LogP contribution in [0.4, 0.5) is 0 Å². The Labute approximate surface area is 109 Å². The Bertz CT molecular complexity index is 474. The number of hydrogen-bond acceptors (Lipinski definition) is 3. The van der Waals surface area contributed by atoms with E-state index in [0.29, 0.717) is 6.54 Å². The highest BCUT2D eigenvalue weighted by Gasteiger charge is 2.31. The average Bonchev–Trinajstić information content (AvgIpc) is 2.63. The number of benzene rings is 1. The molecule has 1 aliphatic heterocycles. The molecule has 1 atom stereocenters. The summed E-state index contributed by atoms with van der Waals surface area (Å²) in [5, 5.41) is 12.0. The minimum atomic E-state index is -0.0988. The number of rotatable bonds is 4. The first-order valence-corrected chi connectivity index (χ1v) is 6.42. The Balaban J connectivity index is 2.04. The third-order valence-corrected chi connectivity index (χ3v) is 3.16. The Morgan fingerprint density at radius 2 is 2.28 bits per heavy atom. The average molecular weight is 244 g/mol. The summed E-state index contributed by atoms with van der Waals surface area (Å²) in [7, 11) is 0. The second-order valence-corrected chi connectivity index (χ2v) is 5.60. The van der Waals surface area contributed by atoms with Crippen LogP contribution in [0, 0.1) is 17.2 Å². The van der Waals surface area contributed by atoms with Crippen molar-refractivity contribution in [2.75, 3.05) is 6.54 Å². The lowest BCUT2D eigenvalue weighted by atomic mass is 10.0. The van der Waals surface area contributed by atoms with Crippen molar-refractivity contribution in [3.8, 4) is 11.8 Å². The van der Waals surface area contributed by atoms with Crippen molar-refractivity contribution in [2.45, 2.75) is 39.3 Å². The number of para-hydroxylation sites is 1. The zero-order valence-electron chi connectivity index (χ0n) is 11.3. The molecule has 0 saturated heterocycles. The molecule has 1 N–H and O–H groups in total. The lowest BCUT2D eigenvalue weighted by Crippen LogP contribution is -2.25. The monoisotopic (exact) mass is 244 g/mol. The molecule has 0 aromatic heterocycles. The van der Waals surface area contributed by atoms with Crippen molar-refractivity contribution < 1.29 is 4.74 Å². The van der Waals surface area contributed by atoms with Crippen molar-refractivity contribution in [1.82, 2.24) is 5.32 Å². The highest BCUT2D eigenvalue weighted by Crippen LogP contribution is 2.37. The highest BCUT2D eigenvalue weighted by molar-refractivity contribution is 5.45. The van der Waals surface area contributed by atoms with Crippen LogP contribution in [0.15, 0.2) is 18.2 Å². The van der Waals surface area contributed by atoms with Gasteiger partial charge in [-0.25, -0.2) is 0 Å². The van der Waals surface area contributed by atoms with Gasteiger partial charge in [0.25, 0.3) is 0 Å². The van der Waals surface area contributed by atoms with E-state index in [4.69, 9.17) is 10.00 Å². The van der Waals surface area contributed by atoms with E-state index < -0.39 is 0 Å². The van der Waals surface area contributed by atoms with Gasteiger partial charge in [0, 0.05) is 25.1 Å². The second-order valence-electron chi connectivity index (χ2n) is 5.60. The molecule has 3 heteroatoms. The van der Waals surface area contributed by atoms with Crippen LogP contribution >= 0.6 is 0 Å². The van der Waals surface area contributed by atoms with E-state index in [-0.39, 0.29) is 11.5 Å². The van der Waals surface area contributed by atoms with Crippen LogP contribution < -0.4 is 10.1 Å². The standard InChI is InChI=1S/C15H20N2O/c1-11(8-16)9-17-10-13-6-4-5-12-7-15(2,3)18-14(12)13/h4-6,11,17H,7,9-10H2,1-3H3. The summed E-state index contributed by atoms with van der Waals surface area (Å²) in [6, 6.07) is 8.52. The number of hydrogen-bond donors (Lipinski definition) is 1. The van der Waals surface area contributed by atoms with Crippen molar-refractivity contribution in [2.24, 2.45) is 5.92 Å². The maximum atomic E-state index is 8.74. The van der Waals surface area contributed by atoms with E-state index in [1.165, 1.54) is 11.1 Å². The maximum absolute atomic E-state index is 8.74. The molecule has 0 aliphatic carbocycles. The van der Waals surface area contributed by atoms with Gasteiger partial charge in [0.15, 0.2) is 0 Å². The van der Waals surface area contributed by atoms with Crippen LogP contribution in [0.1, 0.15) is 31.9 Å². The molecule has 3 nitrogen and oxygen atoms in total. The molecule has 18 heavy (non-hydrogen) atoms. The van der Waals surface area contributed by atoms with Gasteiger partial charge < -0.3 is 10.1 Å². The van der Waals surface area contributed by atoms with Gasteiger partial charge in [0.1, 0.15) is 11.4 Å². The molecule has 0 fully saturated rings. The van der Waals surface area contributed by atoms with E-state index in [9.17, 15) is 0 Å². The summed E-state index contributed by atoms with van der Waals surface area (Å²) >= 11 is 0. The molecule has 2 rings (SSSR count). The smallest absolute Gasteiger partial charge is 0.127 e. The fourth-order valence-corrected chi connectivity index (χ4v) is 2.29. The van der Waals surface area contributed by atoms with E-state index in [2.05, 4.69) is 43.4 Å². The quantitative estimate of drug-likeness (QED) is 0.885. The van der Waals surface area contributed by atoms with Gasteiger partial charge in [-0.2, -0.15) is 5.26 Å². The lowest BCUT2D eigenvalue weighted by Gasteiger charge is -2.18. The first-order chi connectivity index (χ1) is 8.52. The topological polar surface area (TPSA) is 45.0 Å². The summed E-state index contributed by atoms with van der Waals surface area (Å²) in [5.41, 5.74) is 2.37. The summed E-state index contributed by atoms with van der Waals surface area (Å²) in [4.78, 5) is 0. The fourth-order valence-electron chi connectivity index (χ4n) is 2.29. The molecule has 0 bridgehead atoms. The van der Waals surface area contributed by atoms with Crippen LogP contribution in [0.5, 0.6) is 5.75 Å². The maximum Gasteiger partial charge on any atom is 0.127 e. The van der Waals surface area contributed by atoms with E-state index in [1.807, 2.05) is 6.92 Å². The number of fused-ring (bicyclic) bond motifs is 1. The minimum absolute atomic E-state index is 0.0409. The number of nitrogens with one attached hydrogen (secondary N) is 1. The molecular formula is C15H20N2O. The largest absolute Gasteiger partial charge is 0.487 e. The van der Waals surface area contributed by atoms with Gasteiger partial charge in [0.2, 0.25) is 0 Å². The highest BCUT2D eigenvalue weighted by atomic mass is 16.5. The predicted octanol–water partition coefficient (Wildman–Crippen LogP) is 2.65. The SMILES string of the molecule is CC(C#N)CNCc1cccc2c1OC(C)(C)C2. The third kappa shape index (κ3) is 2.83. The molecule has 96 valence electrons. The van der Waals surface area contributed by atoms with E-state index in [0.717, 1.165) is 18.7 Å². The number of ether oxygens (including phenoxy) is 1. The van der Waals surface area contributed by atoms with Crippen molar-refractivity contribution >= 4 is 0 Å². The summed E-state index contributed by atoms with van der Waals surface area (Å²) < 4.78 is 6.00. The van der Waals surface area contributed by atoms with Crippen LogP contribution in [0.25, 0.3) is 0 Å². The van der Waals surface area contributed by atoms with Crippen molar-refractivity contribution in [3.63, 3.8) is 0 Å². The second kappa shape index (κ2) is 4.99.